The normalized spacial score (nSPS) is 11.5. The number of alkyl halides is 3. The van der Waals surface area contributed by atoms with Crippen LogP contribution in [-0.4, -0.2) is 20.7 Å². The lowest BCUT2D eigenvalue weighted by atomic mass is 10.2. The first-order valence-electron chi connectivity index (χ1n) is 4.76. The molecule has 2 heterocycles. The average Bonchev–Trinajstić information content (AvgIpc) is 2.77. The minimum atomic E-state index is -4.46. The van der Waals surface area contributed by atoms with Crippen LogP contribution in [0.15, 0.2) is 30.7 Å². The van der Waals surface area contributed by atoms with Crippen LogP contribution in [-0.2, 0) is 6.18 Å². The molecular formula is C10H7F3N4O. The van der Waals surface area contributed by atoms with E-state index >= 15 is 0 Å². The van der Waals surface area contributed by atoms with Gasteiger partial charge in [-0.05, 0) is 12.1 Å². The molecular weight excluding hydrogens is 249 g/mol. The van der Waals surface area contributed by atoms with Crippen LogP contribution in [0, 0.1) is 0 Å². The van der Waals surface area contributed by atoms with Crippen molar-refractivity contribution in [3.05, 3.63) is 41.9 Å². The van der Waals surface area contributed by atoms with E-state index in [1.807, 2.05) is 0 Å². The van der Waals surface area contributed by atoms with Crippen LogP contribution < -0.4 is 5.73 Å². The maximum absolute atomic E-state index is 12.5. The van der Waals surface area contributed by atoms with Gasteiger partial charge in [-0.1, -0.05) is 0 Å². The molecule has 0 spiro atoms. The summed E-state index contributed by atoms with van der Waals surface area (Å²) in [5.41, 5.74) is 4.26. The summed E-state index contributed by atoms with van der Waals surface area (Å²) in [7, 11) is 0. The van der Waals surface area contributed by atoms with Gasteiger partial charge in [0.25, 0.3) is 5.91 Å². The lowest BCUT2D eigenvalue weighted by Gasteiger charge is -2.07. The molecule has 2 N–H and O–H groups in total. The van der Waals surface area contributed by atoms with Crippen LogP contribution in [0.3, 0.4) is 0 Å². The summed E-state index contributed by atoms with van der Waals surface area (Å²) in [6.45, 7) is 0. The Morgan fingerprint density at radius 3 is 2.67 bits per heavy atom. The highest BCUT2D eigenvalue weighted by Gasteiger charge is 2.30. The van der Waals surface area contributed by atoms with Crippen molar-refractivity contribution >= 4 is 5.91 Å². The third kappa shape index (κ3) is 2.31. The highest BCUT2D eigenvalue weighted by Crippen LogP contribution is 2.29. The summed E-state index contributed by atoms with van der Waals surface area (Å²) in [5.74, 6) is -0.759. The molecule has 0 radical (unpaired) electrons. The summed E-state index contributed by atoms with van der Waals surface area (Å²) in [5, 5.41) is 3.72. The Morgan fingerprint density at radius 1 is 1.39 bits per heavy atom. The number of amides is 1. The molecule has 0 saturated heterocycles. The molecule has 18 heavy (non-hydrogen) atoms. The van der Waals surface area contributed by atoms with Gasteiger partial charge in [-0.15, -0.1) is 0 Å². The van der Waals surface area contributed by atoms with Crippen molar-refractivity contribution in [3.63, 3.8) is 0 Å². The van der Waals surface area contributed by atoms with Gasteiger partial charge in [-0.25, -0.2) is 9.67 Å². The second-order valence-electron chi connectivity index (χ2n) is 3.44. The van der Waals surface area contributed by atoms with Crippen LogP contribution in [0.5, 0.6) is 0 Å². The third-order valence-corrected chi connectivity index (χ3v) is 2.17. The quantitative estimate of drug-likeness (QED) is 0.882. The lowest BCUT2D eigenvalue weighted by Crippen LogP contribution is -2.10. The molecule has 0 aromatic carbocycles. The van der Waals surface area contributed by atoms with Gasteiger partial charge in [0.1, 0.15) is 0 Å². The minimum absolute atomic E-state index is 0.0441. The van der Waals surface area contributed by atoms with Crippen molar-refractivity contribution < 1.29 is 18.0 Å². The molecule has 0 aliphatic carbocycles. The monoisotopic (exact) mass is 256 g/mol. The molecule has 8 heteroatoms. The number of nitrogens with zero attached hydrogens (tertiary/aromatic N) is 3. The highest BCUT2D eigenvalue weighted by atomic mass is 19.4. The zero-order chi connectivity index (χ0) is 13.3. The topological polar surface area (TPSA) is 73.8 Å². The predicted octanol–water partition coefficient (Wildman–Crippen LogP) is 1.39. The van der Waals surface area contributed by atoms with Gasteiger partial charge in [0.05, 0.1) is 17.3 Å². The van der Waals surface area contributed by atoms with Crippen LogP contribution >= 0.6 is 0 Å². The average molecular weight is 256 g/mol. The smallest absolute Gasteiger partial charge is 0.366 e. The molecule has 2 rings (SSSR count). The van der Waals surface area contributed by atoms with Crippen LogP contribution in [0.1, 0.15) is 15.9 Å². The maximum Gasteiger partial charge on any atom is 0.416 e. The molecule has 0 bridgehead atoms. The van der Waals surface area contributed by atoms with Gasteiger partial charge in [-0.3, -0.25) is 4.79 Å². The summed E-state index contributed by atoms with van der Waals surface area (Å²) < 4.78 is 38.5. The number of carbonyl (C=O) groups excluding carboxylic acids is 1. The molecule has 0 aliphatic heterocycles. The molecule has 2 aromatic rings. The van der Waals surface area contributed by atoms with E-state index in [9.17, 15) is 18.0 Å². The zero-order valence-corrected chi connectivity index (χ0v) is 8.85. The molecule has 0 saturated carbocycles. The van der Waals surface area contributed by atoms with Crippen molar-refractivity contribution in [2.24, 2.45) is 5.73 Å². The van der Waals surface area contributed by atoms with Crippen molar-refractivity contribution in [1.29, 1.82) is 0 Å². The van der Waals surface area contributed by atoms with Crippen molar-refractivity contribution in [2.45, 2.75) is 6.18 Å². The van der Waals surface area contributed by atoms with Gasteiger partial charge in [0.15, 0.2) is 5.82 Å². The van der Waals surface area contributed by atoms with E-state index in [1.54, 1.807) is 0 Å². The van der Waals surface area contributed by atoms with Crippen LogP contribution in [0.25, 0.3) is 5.82 Å². The van der Waals surface area contributed by atoms with E-state index in [4.69, 9.17) is 5.73 Å². The minimum Gasteiger partial charge on any atom is -0.366 e. The van der Waals surface area contributed by atoms with Crippen LogP contribution in [0.2, 0.25) is 0 Å². The maximum atomic E-state index is 12.5. The molecule has 0 atom stereocenters. The van der Waals surface area contributed by atoms with Crippen molar-refractivity contribution in [3.8, 4) is 5.82 Å². The first kappa shape index (κ1) is 12.1. The van der Waals surface area contributed by atoms with Gasteiger partial charge < -0.3 is 5.73 Å². The largest absolute Gasteiger partial charge is 0.416 e. The number of carbonyl (C=O) groups is 1. The summed E-state index contributed by atoms with van der Waals surface area (Å²) in [6, 6.07) is 1.68. The second-order valence-corrected chi connectivity index (χ2v) is 3.44. The number of aromatic nitrogens is 3. The molecule has 2 aromatic heterocycles. The Kier molecular flexibility index (Phi) is 2.77. The molecule has 1 amide bonds. The molecule has 94 valence electrons. The molecule has 0 fully saturated rings. The van der Waals surface area contributed by atoms with E-state index in [-0.39, 0.29) is 11.4 Å². The fourth-order valence-electron chi connectivity index (χ4n) is 1.30. The van der Waals surface area contributed by atoms with Gasteiger partial charge >= 0.3 is 6.18 Å². The number of nitrogens with two attached hydrogens (primary N) is 1. The van der Waals surface area contributed by atoms with E-state index in [2.05, 4.69) is 10.1 Å². The van der Waals surface area contributed by atoms with Crippen molar-refractivity contribution in [2.75, 3.05) is 0 Å². The SMILES string of the molecule is NC(=O)c1cnn(-c2cc(C(F)(F)F)ccn2)c1. The first-order valence-corrected chi connectivity index (χ1v) is 4.76. The fraction of sp³-hybridized carbons (Fsp3) is 0.100. The Bertz CT molecular complexity index is 591. The standard InChI is InChI=1S/C10H7F3N4O/c11-10(12,13)7-1-2-15-8(3-7)17-5-6(4-16-17)9(14)18/h1-5H,(H2,14,18). The number of rotatable bonds is 2. The first-order chi connectivity index (χ1) is 8.38. The van der Waals surface area contributed by atoms with Gasteiger partial charge in [-0.2, -0.15) is 18.3 Å². The van der Waals surface area contributed by atoms with E-state index in [0.717, 1.165) is 29.2 Å². The van der Waals surface area contributed by atoms with Gasteiger partial charge in [0, 0.05) is 12.4 Å². The molecule has 0 aliphatic rings. The number of primary amides is 1. The number of halogens is 3. The number of pyridine rings is 1. The zero-order valence-electron chi connectivity index (χ0n) is 8.85. The predicted molar refractivity (Wildman–Crippen MR) is 54.9 cm³/mol. The number of hydrogen-bond donors (Lipinski definition) is 1. The third-order valence-electron chi connectivity index (χ3n) is 2.17. The summed E-state index contributed by atoms with van der Waals surface area (Å²) >= 11 is 0. The molecule has 5 nitrogen and oxygen atoms in total. The summed E-state index contributed by atoms with van der Waals surface area (Å²) in [6.07, 6.45) is -1.07. The Hall–Kier alpha value is -2.38. The van der Waals surface area contributed by atoms with E-state index < -0.39 is 17.6 Å². The van der Waals surface area contributed by atoms with E-state index in [0.29, 0.717) is 0 Å². The Balaban J connectivity index is 2.41. The second kappa shape index (κ2) is 4.13. The lowest BCUT2D eigenvalue weighted by molar-refractivity contribution is -0.137. The van der Waals surface area contributed by atoms with Crippen LogP contribution in [0.4, 0.5) is 13.2 Å². The Labute approximate surface area is 99.0 Å². The number of hydrogen-bond acceptors (Lipinski definition) is 3. The highest BCUT2D eigenvalue weighted by molar-refractivity contribution is 5.92. The fourth-order valence-corrected chi connectivity index (χ4v) is 1.30. The summed E-state index contributed by atoms with van der Waals surface area (Å²) in [4.78, 5) is 14.6. The van der Waals surface area contributed by atoms with Gasteiger partial charge in [0.2, 0.25) is 0 Å². The van der Waals surface area contributed by atoms with Crippen molar-refractivity contribution in [1.82, 2.24) is 14.8 Å². The molecule has 0 unspecified atom stereocenters. The Morgan fingerprint density at radius 2 is 2.11 bits per heavy atom. The van der Waals surface area contributed by atoms with E-state index in [1.165, 1.54) is 6.20 Å².